The van der Waals surface area contributed by atoms with Gasteiger partial charge in [-0.25, -0.2) is 0 Å². The lowest BCUT2D eigenvalue weighted by molar-refractivity contribution is 0.0736. The molecule has 27 heavy (non-hydrogen) atoms. The van der Waals surface area contributed by atoms with Gasteiger partial charge in [-0.3, -0.25) is 4.79 Å². The summed E-state index contributed by atoms with van der Waals surface area (Å²) in [7, 11) is 0. The van der Waals surface area contributed by atoms with Gasteiger partial charge in [0.2, 0.25) is 0 Å². The molecule has 0 saturated carbocycles. The third-order valence-electron chi connectivity index (χ3n) is 4.87. The fourth-order valence-electron chi connectivity index (χ4n) is 3.56. The Bertz CT molecular complexity index is 816. The molecule has 0 bridgehead atoms. The summed E-state index contributed by atoms with van der Waals surface area (Å²) in [6, 6.07) is 13.6. The number of carbonyl (C=O) groups is 1. The second-order valence-corrected chi connectivity index (χ2v) is 6.51. The minimum absolute atomic E-state index is 0.00454. The standard InChI is InChI=1S/C21H24N2O4/c1-2-25-18-8-4-3-7-17(18)22-10-12-23(13-11-22)21(24)16-6-5-9-19-20(16)27-15-14-26-19/h3-9H,2,10-15H2,1H3. The van der Waals surface area contributed by atoms with Gasteiger partial charge in [0.05, 0.1) is 17.9 Å². The van der Waals surface area contributed by atoms with E-state index in [1.807, 2.05) is 48.2 Å². The maximum absolute atomic E-state index is 13.0. The van der Waals surface area contributed by atoms with Crippen LogP contribution < -0.4 is 19.1 Å². The van der Waals surface area contributed by atoms with Gasteiger partial charge in [-0.2, -0.15) is 0 Å². The van der Waals surface area contributed by atoms with E-state index in [1.165, 1.54) is 0 Å². The van der Waals surface area contributed by atoms with Crippen molar-refractivity contribution in [1.29, 1.82) is 0 Å². The van der Waals surface area contributed by atoms with Gasteiger partial charge in [-0.1, -0.05) is 18.2 Å². The van der Waals surface area contributed by atoms with E-state index in [0.717, 1.165) is 24.5 Å². The molecule has 4 rings (SSSR count). The second-order valence-electron chi connectivity index (χ2n) is 6.51. The first-order valence-electron chi connectivity index (χ1n) is 9.42. The summed E-state index contributed by atoms with van der Waals surface area (Å²) in [5.74, 6) is 2.10. The molecule has 2 aliphatic heterocycles. The Labute approximate surface area is 159 Å². The van der Waals surface area contributed by atoms with E-state index in [-0.39, 0.29) is 5.91 Å². The van der Waals surface area contributed by atoms with Crippen LogP contribution in [0.2, 0.25) is 0 Å². The summed E-state index contributed by atoms with van der Waals surface area (Å²) in [5, 5.41) is 0. The van der Waals surface area contributed by atoms with Crippen LogP contribution in [0.5, 0.6) is 17.2 Å². The topological polar surface area (TPSA) is 51.2 Å². The fourth-order valence-corrected chi connectivity index (χ4v) is 3.56. The van der Waals surface area contributed by atoms with Gasteiger partial charge in [-0.15, -0.1) is 0 Å². The number of benzene rings is 2. The highest BCUT2D eigenvalue weighted by Gasteiger charge is 2.27. The molecular formula is C21H24N2O4. The number of piperazine rings is 1. The van der Waals surface area contributed by atoms with Gasteiger partial charge in [0.15, 0.2) is 11.5 Å². The minimum Gasteiger partial charge on any atom is -0.492 e. The SMILES string of the molecule is CCOc1ccccc1N1CCN(C(=O)c2cccc3c2OCCO3)CC1. The molecule has 0 radical (unpaired) electrons. The molecule has 1 saturated heterocycles. The summed E-state index contributed by atoms with van der Waals surface area (Å²) in [4.78, 5) is 17.2. The van der Waals surface area contributed by atoms with Crippen molar-refractivity contribution in [1.82, 2.24) is 4.90 Å². The second kappa shape index (κ2) is 7.78. The number of carbonyl (C=O) groups excluding carboxylic acids is 1. The molecule has 2 heterocycles. The van der Waals surface area contributed by atoms with Crippen LogP contribution in [0, 0.1) is 0 Å². The van der Waals surface area contributed by atoms with Crippen molar-refractivity contribution in [2.24, 2.45) is 0 Å². The number of rotatable bonds is 4. The minimum atomic E-state index is -0.00454. The highest BCUT2D eigenvalue weighted by Crippen LogP contribution is 2.35. The molecule has 1 fully saturated rings. The van der Waals surface area contributed by atoms with Crippen molar-refractivity contribution >= 4 is 11.6 Å². The van der Waals surface area contributed by atoms with Crippen molar-refractivity contribution < 1.29 is 19.0 Å². The Kier molecular flexibility index (Phi) is 5.05. The van der Waals surface area contributed by atoms with E-state index in [9.17, 15) is 4.79 Å². The highest BCUT2D eigenvalue weighted by atomic mass is 16.6. The first-order valence-corrected chi connectivity index (χ1v) is 9.42. The maximum Gasteiger partial charge on any atom is 0.257 e. The average molecular weight is 368 g/mol. The van der Waals surface area contributed by atoms with E-state index in [1.54, 1.807) is 0 Å². The van der Waals surface area contributed by atoms with Gasteiger partial charge in [0.25, 0.3) is 5.91 Å². The molecule has 0 N–H and O–H groups in total. The molecule has 2 aromatic carbocycles. The van der Waals surface area contributed by atoms with E-state index < -0.39 is 0 Å². The molecule has 142 valence electrons. The Morgan fingerprint density at radius 1 is 1.00 bits per heavy atom. The number of para-hydroxylation sites is 3. The van der Waals surface area contributed by atoms with Gasteiger partial charge in [0.1, 0.15) is 19.0 Å². The molecule has 1 amide bonds. The van der Waals surface area contributed by atoms with Gasteiger partial charge < -0.3 is 24.0 Å². The number of fused-ring (bicyclic) bond motifs is 1. The smallest absolute Gasteiger partial charge is 0.257 e. The third kappa shape index (κ3) is 3.52. The molecular weight excluding hydrogens is 344 g/mol. The molecule has 2 aliphatic rings. The van der Waals surface area contributed by atoms with Crippen LogP contribution in [0.4, 0.5) is 5.69 Å². The van der Waals surface area contributed by atoms with E-state index in [4.69, 9.17) is 14.2 Å². The zero-order valence-corrected chi connectivity index (χ0v) is 15.5. The summed E-state index contributed by atoms with van der Waals surface area (Å²) < 4.78 is 17.0. The Morgan fingerprint density at radius 2 is 1.78 bits per heavy atom. The third-order valence-corrected chi connectivity index (χ3v) is 4.87. The number of nitrogens with zero attached hydrogens (tertiary/aromatic N) is 2. The predicted molar refractivity (Wildman–Crippen MR) is 103 cm³/mol. The summed E-state index contributed by atoms with van der Waals surface area (Å²) in [5.41, 5.74) is 1.66. The van der Waals surface area contributed by atoms with Crippen molar-refractivity contribution in [3.8, 4) is 17.2 Å². The Balaban J connectivity index is 1.46. The highest BCUT2D eigenvalue weighted by molar-refractivity contribution is 5.98. The van der Waals surface area contributed by atoms with Crippen molar-refractivity contribution in [3.05, 3.63) is 48.0 Å². The number of amides is 1. The van der Waals surface area contributed by atoms with Crippen LogP contribution in [0.15, 0.2) is 42.5 Å². The molecule has 0 atom stereocenters. The van der Waals surface area contributed by atoms with Crippen molar-refractivity contribution in [2.45, 2.75) is 6.92 Å². The van der Waals surface area contributed by atoms with Crippen LogP contribution in [0.25, 0.3) is 0 Å². The van der Waals surface area contributed by atoms with Gasteiger partial charge in [-0.05, 0) is 31.2 Å². The van der Waals surface area contributed by atoms with Crippen LogP contribution in [0.3, 0.4) is 0 Å². The lowest BCUT2D eigenvalue weighted by Gasteiger charge is -2.37. The van der Waals surface area contributed by atoms with Crippen LogP contribution in [-0.4, -0.2) is 56.8 Å². The van der Waals surface area contributed by atoms with E-state index in [0.29, 0.717) is 50.0 Å². The summed E-state index contributed by atoms with van der Waals surface area (Å²) >= 11 is 0. The molecule has 0 unspecified atom stereocenters. The number of ether oxygens (including phenoxy) is 3. The van der Waals surface area contributed by atoms with Gasteiger partial charge >= 0.3 is 0 Å². The molecule has 6 heteroatoms. The number of hydrogen-bond donors (Lipinski definition) is 0. The zero-order chi connectivity index (χ0) is 18.6. The van der Waals surface area contributed by atoms with E-state index in [2.05, 4.69) is 11.0 Å². The molecule has 2 aromatic rings. The van der Waals surface area contributed by atoms with Crippen LogP contribution in [-0.2, 0) is 0 Å². The average Bonchev–Trinajstić information content (AvgIpc) is 2.74. The maximum atomic E-state index is 13.0. The van der Waals surface area contributed by atoms with Crippen LogP contribution >= 0.6 is 0 Å². The lowest BCUT2D eigenvalue weighted by atomic mass is 10.1. The van der Waals surface area contributed by atoms with Crippen molar-refractivity contribution in [3.63, 3.8) is 0 Å². The first kappa shape index (κ1) is 17.5. The zero-order valence-electron chi connectivity index (χ0n) is 15.5. The molecule has 0 aromatic heterocycles. The van der Waals surface area contributed by atoms with Gasteiger partial charge in [0, 0.05) is 26.2 Å². The first-order chi connectivity index (χ1) is 13.3. The summed E-state index contributed by atoms with van der Waals surface area (Å²) in [6.45, 7) is 6.45. The molecule has 0 spiro atoms. The van der Waals surface area contributed by atoms with E-state index >= 15 is 0 Å². The van der Waals surface area contributed by atoms with Crippen LogP contribution in [0.1, 0.15) is 17.3 Å². The summed E-state index contributed by atoms with van der Waals surface area (Å²) in [6.07, 6.45) is 0. The number of hydrogen-bond acceptors (Lipinski definition) is 5. The fraction of sp³-hybridized carbons (Fsp3) is 0.381. The molecule has 6 nitrogen and oxygen atoms in total. The quantitative estimate of drug-likeness (QED) is 0.831. The lowest BCUT2D eigenvalue weighted by Crippen LogP contribution is -2.49. The Hall–Kier alpha value is -2.89. The monoisotopic (exact) mass is 368 g/mol. The normalized spacial score (nSPS) is 16.2. The number of anilines is 1. The predicted octanol–water partition coefficient (Wildman–Crippen LogP) is 2.82. The largest absolute Gasteiger partial charge is 0.492 e. The molecule has 0 aliphatic carbocycles. The van der Waals surface area contributed by atoms with Crippen molar-refractivity contribution in [2.75, 3.05) is 50.9 Å². The Morgan fingerprint density at radius 3 is 2.59 bits per heavy atom.